The van der Waals surface area contributed by atoms with Crippen LogP contribution in [0.4, 0.5) is 0 Å². The minimum absolute atomic E-state index is 0.0764. The van der Waals surface area contributed by atoms with E-state index >= 15 is 0 Å². The van der Waals surface area contributed by atoms with Crippen LogP contribution in [-0.2, 0) is 24.7 Å². The predicted molar refractivity (Wildman–Crippen MR) is 60.9 cm³/mol. The summed E-state index contributed by atoms with van der Waals surface area (Å²) in [5.41, 5.74) is 5.47. The molecule has 1 heterocycles. The van der Waals surface area contributed by atoms with E-state index in [2.05, 4.69) is 14.3 Å². The Labute approximate surface area is 106 Å². The third-order valence-electron chi connectivity index (χ3n) is 2.18. The number of carbonyl (C=O) groups excluding carboxylic acids is 2. The number of nitrogens with zero attached hydrogens (tertiary/aromatic N) is 2. The van der Waals surface area contributed by atoms with Crippen molar-refractivity contribution in [2.24, 2.45) is 0 Å². The maximum atomic E-state index is 11.7. The highest BCUT2D eigenvalue weighted by molar-refractivity contribution is 7.10. The first-order valence-corrected chi connectivity index (χ1v) is 5.56. The number of aliphatic hydroxyl groups is 1. The highest BCUT2D eigenvalue weighted by Gasteiger charge is 2.56. The van der Waals surface area contributed by atoms with Crippen LogP contribution in [0.2, 0.25) is 0 Å². The molecule has 0 saturated heterocycles. The molecule has 0 aliphatic rings. The van der Waals surface area contributed by atoms with E-state index in [1.165, 1.54) is 6.07 Å². The largest absolute Gasteiger partial charge is 0.466 e. The van der Waals surface area contributed by atoms with Crippen LogP contribution in [-0.4, -0.2) is 41.8 Å². The first-order valence-electron chi connectivity index (χ1n) is 4.68. The minimum atomic E-state index is -2.50. The molecule has 0 radical (unpaired) electrons. The lowest BCUT2D eigenvalue weighted by Crippen LogP contribution is -2.48. The van der Waals surface area contributed by atoms with Gasteiger partial charge in [-0.1, -0.05) is 6.07 Å². The molecule has 1 unspecified atom stereocenters. The highest BCUT2D eigenvalue weighted by Crippen LogP contribution is 2.28. The summed E-state index contributed by atoms with van der Waals surface area (Å²) < 4.78 is 8.78. The second-order valence-corrected chi connectivity index (χ2v) is 4.07. The highest BCUT2D eigenvalue weighted by atomic mass is 32.1. The summed E-state index contributed by atoms with van der Waals surface area (Å²) in [5.74, 6) is -2.29. The van der Waals surface area contributed by atoms with Crippen LogP contribution in [0.3, 0.4) is 0 Å². The van der Waals surface area contributed by atoms with Crippen LogP contribution in [0.25, 0.3) is 5.53 Å². The molecule has 0 saturated carbocycles. The smallest absolute Gasteiger partial charge is 0.424 e. The van der Waals surface area contributed by atoms with E-state index in [-0.39, 0.29) is 4.88 Å². The molecule has 0 spiro atoms. The first kappa shape index (κ1) is 14.0. The van der Waals surface area contributed by atoms with Gasteiger partial charge in [-0.05, 0) is 11.4 Å². The molecule has 0 aromatic carbocycles. The standard InChI is InChI=1S/C10H10N2O5S/c1-16-8(13)7(12-11)10(15,9(14)17-2)6-4-3-5-18-6/h3-5,15H,1-2H3. The molecular weight excluding hydrogens is 260 g/mol. The molecule has 1 aromatic heterocycles. The third-order valence-corrected chi connectivity index (χ3v) is 3.16. The number of hydrogen-bond acceptors (Lipinski definition) is 6. The monoisotopic (exact) mass is 270 g/mol. The second kappa shape index (κ2) is 5.54. The third kappa shape index (κ3) is 2.17. The summed E-state index contributed by atoms with van der Waals surface area (Å²) in [4.78, 5) is 25.8. The lowest BCUT2D eigenvalue weighted by atomic mass is 9.95. The number of ether oxygens (including phenoxy) is 2. The van der Waals surface area contributed by atoms with Gasteiger partial charge in [-0.2, -0.15) is 4.79 Å². The average Bonchev–Trinajstić information content (AvgIpc) is 2.92. The van der Waals surface area contributed by atoms with Crippen molar-refractivity contribution in [2.75, 3.05) is 14.2 Å². The number of thiophene rings is 1. The van der Waals surface area contributed by atoms with Crippen LogP contribution >= 0.6 is 11.3 Å². The number of carbonyl (C=O) groups is 2. The van der Waals surface area contributed by atoms with Gasteiger partial charge in [0.25, 0.3) is 0 Å². The maximum Gasteiger partial charge on any atom is 0.424 e. The molecule has 0 amide bonds. The topological polar surface area (TPSA) is 109 Å². The fourth-order valence-corrected chi connectivity index (χ4v) is 2.12. The van der Waals surface area contributed by atoms with Gasteiger partial charge in [0.1, 0.15) is 0 Å². The van der Waals surface area contributed by atoms with Gasteiger partial charge in [-0.3, -0.25) is 0 Å². The van der Waals surface area contributed by atoms with Crippen LogP contribution in [0.15, 0.2) is 17.5 Å². The van der Waals surface area contributed by atoms with Gasteiger partial charge in [0.05, 0.1) is 19.1 Å². The predicted octanol–water partition coefficient (Wildman–Crippen LogP) is -0.0475. The first-order chi connectivity index (χ1) is 8.52. The van der Waals surface area contributed by atoms with Gasteiger partial charge in [-0.25, -0.2) is 9.59 Å². The van der Waals surface area contributed by atoms with Crippen molar-refractivity contribution in [1.82, 2.24) is 0 Å². The Balaban J connectivity index is 3.43. The van der Waals surface area contributed by atoms with E-state index in [9.17, 15) is 14.7 Å². The Bertz CT molecular complexity index is 506. The van der Waals surface area contributed by atoms with E-state index in [4.69, 9.17) is 5.53 Å². The van der Waals surface area contributed by atoms with Gasteiger partial charge in [-0.15, -0.1) is 11.3 Å². The maximum absolute atomic E-state index is 11.7. The molecule has 1 atom stereocenters. The minimum Gasteiger partial charge on any atom is -0.466 e. The Morgan fingerprint density at radius 2 is 2.11 bits per heavy atom. The number of rotatable bonds is 4. The quantitative estimate of drug-likeness (QED) is 0.357. The summed E-state index contributed by atoms with van der Waals surface area (Å²) in [6, 6.07) is 2.95. The molecular formula is C10H10N2O5S. The van der Waals surface area contributed by atoms with Crippen LogP contribution in [0, 0.1) is 0 Å². The molecule has 0 fully saturated rings. The summed E-state index contributed by atoms with van der Waals surface area (Å²) >= 11 is 0.995. The van der Waals surface area contributed by atoms with Crippen molar-refractivity contribution < 1.29 is 29.0 Å². The van der Waals surface area contributed by atoms with E-state index in [0.29, 0.717) is 0 Å². The lowest BCUT2D eigenvalue weighted by molar-refractivity contribution is -0.163. The zero-order valence-corrected chi connectivity index (χ0v) is 10.4. The molecule has 0 bridgehead atoms. The Kier molecular flexibility index (Phi) is 4.33. The summed E-state index contributed by atoms with van der Waals surface area (Å²) in [7, 11) is 2.06. The molecule has 1 rings (SSSR count). The zero-order valence-electron chi connectivity index (χ0n) is 9.61. The number of methoxy groups -OCH3 is 2. The Morgan fingerprint density at radius 1 is 1.44 bits per heavy atom. The van der Waals surface area contributed by atoms with E-state index in [1.807, 2.05) is 0 Å². The lowest BCUT2D eigenvalue weighted by Gasteiger charge is -2.18. The van der Waals surface area contributed by atoms with Crippen LogP contribution < -0.4 is 0 Å². The van der Waals surface area contributed by atoms with Gasteiger partial charge < -0.3 is 20.1 Å². The summed E-state index contributed by atoms with van der Waals surface area (Å²) in [6.07, 6.45) is 0. The molecule has 8 heteroatoms. The Morgan fingerprint density at radius 3 is 2.50 bits per heavy atom. The molecule has 0 aliphatic carbocycles. The average molecular weight is 270 g/mol. The molecule has 1 N–H and O–H groups in total. The van der Waals surface area contributed by atoms with E-state index in [0.717, 1.165) is 25.6 Å². The van der Waals surface area contributed by atoms with Crippen molar-refractivity contribution in [3.63, 3.8) is 0 Å². The van der Waals surface area contributed by atoms with Crippen molar-refractivity contribution in [1.29, 1.82) is 0 Å². The molecule has 18 heavy (non-hydrogen) atoms. The molecule has 7 nitrogen and oxygen atoms in total. The summed E-state index contributed by atoms with van der Waals surface area (Å²) in [5, 5.41) is 11.9. The number of hydrogen-bond donors (Lipinski definition) is 1. The van der Waals surface area contributed by atoms with E-state index < -0.39 is 23.3 Å². The van der Waals surface area contributed by atoms with Crippen LogP contribution in [0.5, 0.6) is 0 Å². The zero-order chi connectivity index (χ0) is 13.8. The van der Waals surface area contributed by atoms with Gasteiger partial charge in [0.15, 0.2) is 0 Å². The van der Waals surface area contributed by atoms with Crippen molar-refractivity contribution in [3.05, 3.63) is 27.9 Å². The molecule has 0 aliphatic heterocycles. The van der Waals surface area contributed by atoms with Crippen LogP contribution in [0.1, 0.15) is 4.88 Å². The molecule has 1 aromatic rings. The SMILES string of the molecule is COC(=O)C(=[N+]=[N-])C(O)(C(=O)OC)c1cccs1. The van der Waals surface area contributed by atoms with Gasteiger partial charge in [0, 0.05) is 0 Å². The normalized spacial score (nSPS) is 13.1. The van der Waals surface area contributed by atoms with Crippen molar-refractivity contribution in [2.45, 2.75) is 5.60 Å². The molecule has 96 valence electrons. The number of esters is 2. The van der Waals surface area contributed by atoms with Crippen molar-refractivity contribution in [3.8, 4) is 0 Å². The Hall–Kier alpha value is -2.02. The van der Waals surface area contributed by atoms with Crippen molar-refractivity contribution >= 4 is 29.0 Å². The fraction of sp³-hybridized carbons (Fsp3) is 0.300. The fourth-order valence-electron chi connectivity index (χ4n) is 1.30. The van der Waals surface area contributed by atoms with E-state index in [1.54, 1.807) is 11.4 Å². The van der Waals surface area contributed by atoms with Gasteiger partial charge in [0.2, 0.25) is 0 Å². The van der Waals surface area contributed by atoms with Gasteiger partial charge >= 0.3 is 23.3 Å². The summed E-state index contributed by atoms with van der Waals surface area (Å²) in [6.45, 7) is 0. The second-order valence-electron chi connectivity index (χ2n) is 3.12.